The number of nitrogens with zero attached hydrogens (tertiary/aromatic N) is 1. The first-order valence-corrected chi connectivity index (χ1v) is 8.25. The van der Waals surface area contributed by atoms with Crippen molar-refractivity contribution in [2.24, 2.45) is 7.05 Å². The zero-order valence-corrected chi connectivity index (χ0v) is 14.9. The summed E-state index contributed by atoms with van der Waals surface area (Å²) in [6.45, 7) is -0.409. The van der Waals surface area contributed by atoms with E-state index in [1.165, 1.54) is 12.1 Å². The van der Waals surface area contributed by atoms with Crippen LogP contribution in [0.3, 0.4) is 0 Å². The van der Waals surface area contributed by atoms with Gasteiger partial charge in [0.15, 0.2) is 6.61 Å². The largest absolute Gasteiger partial charge is 0.508 e. The zero-order valence-electron chi connectivity index (χ0n) is 13.3. The van der Waals surface area contributed by atoms with Crippen molar-refractivity contribution in [3.05, 3.63) is 58.7 Å². The molecule has 1 amide bonds. The number of anilines is 1. The monoisotopic (exact) mass is 402 g/mol. The van der Waals surface area contributed by atoms with Crippen molar-refractivity contribution in [3.63, 3.8) is 0 Å². The summed E-state index contributed by atoms with van der Waals surface area (Å²) < 4.78 is 7.48. The second-order valence-electron chi connectivity index (χ2n) is 5.41. The molecule has 3 aromatic rings. The lowest BCUT2D eigenvalue weighted by Gasteiger charge is -2.08. The number of hydrogen-bond donors (Lipinski definition) is 2. The lowest BCUT2D eigenvalue weighted by Crippen LogP contribution is -2.22. The number of benzene rings is 2. The second kappa shape index (κ2) is 6.98. The maximum absolute atomic E-state index is 12.4. The predicted molar refractivity (Wildman–Crippen MR) is 97.6 cm³/mol. The van der Waals surface area contributed by atoms with Crippen LogP contribution in [0.5, 0.6) is 5.75 Å². The number of aromatic nitrogens is 1. The molecule has 0 radical (unpaired) electrons. The fraction of sp³-hybridized carbons (Fsp3) is 0.111. The number of hydrogen-bond acceptors (Lipinski definition) is 4. The summed E-state index contributed by atoms with van der Waals surface area (Å²) in [6.07, 6.45) is 0. The van der Waals surface area contributed by atoms with E-state index in [-0.39, 0.29) is 5.75 Å². The van der Waals surface area contributed by atoms with Crippen LogP contribution in [0.1, 0.15) is 10.5 Å². The van der Waals surface area contributed by atoms with Gasteiger partial charge in [0.05, 0.1) is 4.47 Å². The van der Waals surface area contributed by atoms with Gasteiger partial charge >= 0.3 is 5.97 Å². The topological polar surface area (TPSA) is 80.6 Å². The first-order chi connectivity index (χ1) is 12.0. The standard InChI is InChI=1S/C18H15BrN2O4/c1-21-14-5-3-2-4-13(14)16(19)17(21)18(24)25-10-15(23)20-11-6-8-12(22)9-7-11/h2-9,22H,10H2,1H3,(H,20,23). The number of esters is 1. The summed E-state index contributed by atoms with van der Waals surface area (Å²) >= 11 is 3.42. The molecule has 1 aromatic heterocycles. The van der Waals surface area contributed by atoms with Crippen LogP contribution >= 0.6 is 15.9 Å². The number of rotatable bonds is 4. The van der Waals surface area contributed by atoms with Gasteiger partial charge in [0.25, 0.3) is 5.91 Å². The Balaban J connectivity index is 1.68. The number of nitrogens with one attached hydrogen (secondary N) is 1. The van der Waals surface area contributed by atoms with Crippen LogP contribution in [0.15, 0.2) is 53.0 Å². The van der Waals surface area contributed by atoms with Crippen molar-refractivity contribution in [3.8, 4) is 5.75 Å². The molecule has 128 valence electrons. The van der Waals surface area contributed by atoms with E-state index in [9.17, 15) is 14.7 Å². The molecule has 25 heavy (non-hydrogen) atoms. The number of fused-ring (bicyclic) bond motifs is 1. The van der Waals surface area contributed by atoms with Gasteiger partial charge in [-0.1, -0.05) is 18.2 Å². The van der Waals surface area contributed by atoms with E-state index in [2.05, 4.69) is 21.2 Å². The third kappa shape index (κ3) is 3.51. The number of aromatic hydroxyl groups is 1. The summed E-state index contributed by atoms with van der Waals surface area (Å²) in [6, 6.07) is 13.6. The van der Waals surface area contributed by atoms with Gasteiger partial charge in [0, 0.05) is 23.6 Å². The Labute approximate surface area is 152 Å². The minimum atomic E-state index is -0.591. The number of ether oxygens (including phenoxy) is 1. The molecule has 6 nitrogen and oxygen atoms in total. The van der Waals surface area contributed by atoms with Gasteiger partial charge in [-0.15, -0.1) is 0 Å². The van der Waals surface area contributed by atoms with Crippen LogP contribution in [0.4, 0.5) is 5.69 Å². The van der Waals surface area contributed by atoms with Gasteiger partial charge in [-0.05, 0) is 46.3 Å². The highest BCUT2D eigenvalue weighted by Gasteiger charge is 2.21. The molecule has 2 aromatic carbocycles. The molecule has 0 aliphatic heterocycles. The lowest BCUT2D eigenvalue weighted by atomic mass is 10.2. The van der Waals surface area contributed by atoms with Crippen LogP contribution < -0.4 is 5.32 Å². The van der Waals surface area contributed by atoms with E-state index in [1.807, 2.05) is 24.3 Å². The third-order valence-electron chi connectivity index (χ3n) is 3.72. The number of phenolic OH excluding ortho intramolecular Hbond substituents is 1. The molecular weight excluding hydrogens is 388 g/mol. The van der Waals surface area contributed by atoms with Crippen LogP contribution in [0.2, 0.25) is 0 Å². The van der Waals surface area contributed by atoms with Crippen molar-refractivity contribution in [1.29, 1.82) is 0 Å². The van der Waals surface area contributed by atoms with Crippen molar-refractivity contribution >= 4 is 44.4 Å². The first kappa shape index (κ1) is 17.0. The van der Waals surface area contributed by atoms with E-state index in [0.29, 0.717) is 15.9 Å². The van der Waals surface area contributed by atoms with E-state index in [4.69, 9.17) is 4.74 Å². The van der Waals surface area contributed by atoms with Gasteiger partial charge in [-0.25, -0.2) is 4.79 Å². The molecule has 0 saturated heterocycles. The molecule has 0 saturated carbocycles. The Bertz CT molecular complexity index is 909. The number of carbonyl (C=O) groups is 2. The lowest BCUT2D eigenvalue weighted by molar-refractivity contribution is -0.119. The van der Waals surface area contributed by atoms with E-state index in [1.54, 1.807) is 23.7 Å². The summed E-state index contributed by atoms with van der Waals surface area (Å²) in [5.41, 5.74) is 1.73. The Morgan fingerprint density at radius 3 is 2.52 bits per heavy atom. The molecule has 0 spiro atoms. The van der Waals surface area contributed by atoms with Crippen molar-refractivity contribution in [1.82, 2.24) is 4.57 Å². The van der Waals surface area contributed by atoms with Crippen molar-refractivity contribution < 1.29 is 19.4 Å². The summed E-state index contributed by atoms with van der Waals surface area (Å²) in [4.78, 5) is 24.3. The Hall–Kier alpha value is -2.80. The number of halogens is 1. The average molecular weight is 403 g/mol. The molecule has 3 rings (SSSR count). The Morgan fingerprint density at radius 2 is 1.84 bits per heavy atom. The van der Waals surface area contributed by atoms with Gasteiger partial charge < -0.3 is 19.7 Å². The van der Waals surface area contributed by atoms with Crippen LogP contribution in [-0.2, 0) is 16.6 Å². The fourth-order valence-electron chi connectivity index (χ4n) is 2.51. The summed E-state index contributed by atoms with van der Waals surface area (Å²) in [7, 11) is 1.76. The molecule has 7 heteroatoms. The quantitative estimate of drug-likeness (QED) is 0.517. The van der Waals surface area contributed by atoms with Crippen molar-refractivity contribution in [2.45, 2.75) is 0 Å². The van der Waals surface area contributed by atoms with E-state index in [0.717, 1.165) is 10.9 Å². The fourth-order valence-corrected chi connectivity index (χ4v) is 3.28. The molecule has 0 aliphatic carbocycles. The number of amides is 1. The third-order valence-corrected chi connectivity index (χ3v) is 4.53. The number of aryl methyl sites for hydroxylation is 1. The first-order valence-electron chi connectivity index (χ1n) is 7.46. The number of phenols is 1. The average Bonchev–Trinajstić information content (AvgIpc) is 2.86. The van der Waals surface area contributed by atoms with Gasteiger partial charge in [-0.2, -0.15) is 0 Å². The molecule has 2 N–H and O–H groups in total. The highest BCUT2D eigenvalue weighted by molar-refractivity contribution is 9.10. The number of para-hydroxylation sites is 1. The molecule has 1 heterocycles. The molecule has 0 atom stereocenters. The van der Waals surface area contributed by atoms with E-state index >= 15 is 0 Å². The Morgan fingerprint density at radius 1 is 1.16 bits per heavy atom. The van der Waals surface area contributed by atoms with Crippen LogP contribution in [0.25, 0.3) is 10.9 Å². The van der Waals surface area contributed by atoms with E-state index < -0.39 is 18.5 Å². The molecule has 0 aliphatic rings. The Kier molecular flexibility index (Phi) is 4.76. The summed E-state index contributed by atoms with van der Waals surface area (Å²) in [5.74, 6) is -0.953. The predicted octanol–water partition coefficient (Wildman–Crippen LogP) is 3.44. The smallest absolute Gasteiger partial charge is 0.356 e. The molecule has 0 unspecified atom stereocenters. The maximum atomic E-state index is 12.4. The minimum Gasteiger partial charge on any atom is -0.508 e. The van der Waals surface area contributed by atoms with Crippen LogP contribution in [-0.4, -0.2) is 28.2 Å². The SMILES string of the molecule is Cn1c(C(=O)OCC(=O)Nc2ccc(O)cc2)c(Br)c2ccccc21. The van der Waals surface area contributed by atoms with Gasteiger partial charge in [0.2, 0.25) is 0 Å². The molecule has 0 fully saturated rings. The molecular formula is C18H15BrN2O4. The minimum absolute atomic E-state index is 0.102. The zero-order chi connectivity index (χ0) is 18.0. The normalized spacial score (nSPS) is 10.6. The van der Waals surface area contributed by atoms with Gasteiger partial charge in [-0.3, -0.25) is 4.79 Å². The molecule has 0 bridgehead atoms. The maximum Gasteiger partial charge on any atom is 0.356 e. The number of carbonyl (C=O) groups excluding carboxylic acids is 2. The summed E-state index contributed by atoms with van der Waals surface area (Å²) in [5, 5.41) is 12.7. The van der Waals surface area contributed by atoms with Gasteiger partial charge in [0.1, 0.15) is 11.4 Å². The second-order valence-corrected chi connectivity index (χ2v) is 6.20. The van der Waals surface area contributed by atoms with Crippen molar-refractivity contribution in [2.75, 3.05) is 11.9 Å². The van der Waals surface area contributed by atoms with Crippen LogP contribution in [0, 0.1) is 0 Å². The highest BCUT2D eigenvalue weighted by atomic mass is 79.9. The highest BCUT2D eigenvalue weighted by Crippen LogP contribution is 2.30.